The van der Waals surface area contributed by atoms with Crippen molar-refractivity contribution >= 4 is 0 Å². The molecule has 66 valence electrons. The Balaban J connectivity index is 2.25. The average Bonchev–Trinajstić information content (AvgIpc) is 2.39. The molecule has 11 heavy (non-hydrogen) atoms. The molecule has 1 saturated heterocycles. The Labute approximate surface area is 69.3 Å². The minimum absolute atomic E-state index is 0.535. The fourth-order valence-corrected chi connectivity index (χ4v) is 1.79. The number of ether oxygens (including phenoxy) is 1. The van der Waals surface area contributed by atoms with E-state index in [1.165, 1.54) is 19.3 Å². The minimum atomic E-state index is 0.535. The quantitative estimate of drug-likeness (QED) is 0.666. The number of hydrogen-bond donors (Lipinski definition) is 1. The van der Waals surface area contributed by atoms with Gasteiger partial charge in [0.1, 0.15) is 0 Å². The third-order valence-corrected chi connectivity index (χ3v) is 2.39. The molecule has 1 heterocycles. The molecule has 1 aliphatic heterocycles. The Morgan fingerprint density at radius 1 is 1.55 bits per heavy atom. The lowest BCUT2D eigenvalue weighted by Crippen LogP contribution is -2.26. The monoisotopic (exact) mass is 157 g/mol. The second kappa shape index (κ2) is 4.73. The van der Waals surface area contributed by atoms with Gasteiger partial charge in [0.05, 0.1) is 6.10 Å². The molecule has 2 heteroatoms. The molecule has 0 radical (unpaired) electrons. The van der Waals surface area contributed by atoms with Crippen LogP contribution >= 0.6 is 0 Å². The molecule has 0 spiro atoms. The van der Waals surface area contributed by atoms with E-state index in [4.69, 9.17) is 4.74 Å². The second-order valence-corrected chi connectivity index (χ2v) is 3.30. The summed E-state index contributed by atoms with van der Waals surface area (Å²) in [5, 5.41) is 3.22. The van der Waals surface area contributed by atoms with E-state index >= 15 is 0 Å². The standard InChI is InChI=1S/C9H19NO/c1-3-4-9-8(7-10-2)5-6-11-9/h8-10H,3-7H2,1-2H3. The van der Waals surface area contributed by atoms with E-state index in [0.29, 0.717) is 6.10 Å². The Bertz CT molecular complexity index is 93.7. The zero-order chi connectivity index (χ0) is 8.10. The number of rotatable bonds is 4. The van der Waals surface area contributed by atoms with Gasteiger partial charge in [-0.2, -0.15) is 0 Å². The van der Waals surface area contributed by atoms with Crippen LogP contribution in [0.2, 0.25) is 0 Å². The summed E-state index contributed by atoms with van der Waals surface area (Å²) < 4.78 is 5.62. The van der Waals surface area contributed by atoms with Crippen molar-refractivity contribution < 1.29 is 4.74 Å². The SMILES string of the molecule is CCCC1OCCC1CNC. The van der Waals surface area contributed by atoms with Gasteiger partial charge >= 0.3 is 0 Å². The molecule has 1 rings (SSSR count). The third-order valence-electron chi connectivity index (χ3n) is 2.39. The molecule has 0 aromatic heterocycles. The van der Waals surface area contributed by atoms with Gasteiger partial charge in [0.25, 0.3) is 0 Å². The van der Waals surface area contributed by atoms with Gasteiger partial charge in [0.15, 0.2) is 0 Å². The number of hydrogen-bond acceptors (Lipinski definition) is 2. The van der Waals surface area contributed by atoms with Gasteiger partial charge in [-0.15, -0.1) is 0 Å². The molecule has 2 nitrogen and oxygen atoms in total. The van der Waals surface area contributed by atoms with Crippen LogP contribution in [0, 0.1) is 5.92 Å². The molecule has 0 aromatic carbocycles. The van der Waals surface area contributed by atoms with E-state index in [1.54, 1.807) is 0 Å². The molecule has 0 saturated carbocycles. The smallest absolute Gasteiger partial charge is 0.0616 e. The van der Waals surface area contributed by atoms with Crippen LogP contribution in [0.15, 0.2) is 0 Å². The summed E-state index contributed by atoms with van der Waals surface area (Å²) in [5.41, 5.74) is 0. The van der Waals surface area contributed by atoms with Crippen molar-refractivity contribution in [1.82, 2.24) is 5.32 Å². The lowest BCUT2D eigenvalue weighted by atomic mass is 9.98. The van der Waals surface area contributed by atoms with Gasteiger partial charge in [-0.25, -0.2) is 0 Å². The van der Waals surface area contributed by atoms with Gasteiger partial charge in [-0.1, -0.05) is 13.3 Å². The van der Waals surface area contributed by atoms with Gasteiger partial charge in [-0.3, -0.25) is 0 Å². The summed E-state index contributed by atoms with van der Waals surface area (Å²) >= 11 is 0. The number of nitrogens with one attached hydrogen (secondary N) is 1. The highest BCUT2D eigenvalue weighted by Gasteiger charge is 2.26. The van der Waals surface area contributed by atoms with Crippen molar-refractivity contribution in [3.63, 3.8) is 0 Å². The van der Waals surface area contributed by atoms with Gasteiger partial charge in [0, 0.05) is 13.2 Å². The van der Waals surface area contributed by atoms with Gasteiger partial charge in [-0.05, 0) is 25.8 Å². The van der Waals surface area contributed by atoms with Crippen LogP contribution in [-0.4, -0.2) is 26.3 Å². The zero-order valence-electron chi connectivity index (χ0n) is 7.60. The highest BCUT2D eigenvalue weighted by Crippen LogP contribution is 2.23. The van der Waals surface area contributed by atoms with E-state index in [9.17, 15) is 0 Å². The van der Waals surface area contributed by atoms with Crippen molar-refractivity contribution in [2.75, 3.05) is 20.2 Å². The van der Waals surface area contributed by atoms with Gasteiger partial charge < -0.3 is 10.1 Å². The first-order valence-corrected chi connectivity index (χ1v) is 4.64. The maximum atomic E-state index is 5.62. The first kappa shape index (κ1) is 9.01. The molecule has 0 bridgehead atoms. The second-order valence-electron chi connectivity index (χ2n) is 3.30. The minimum Gasteiger partial charge on any atom is -0.378 e. The topological polar surface area (TPSA) is 21.3 Å². The lowest BCUT2D eigenvalue weighted by molar-refractivity contribution is 0.0831. The average molecular weight is 157 g/mol. The normalized spacial score (nSPS) is 31.1. The first-order valence-electron chi connectivity index (χ1n) is 4.64. The van der Waals surface area contributed by atoms with E-state index in [0.717, 1.165) is 19.1 Å². The Morgan fingerprint density at radius 2 is 2.36 bits per heavy atom. The highest BCUT2D eigenvalue weighted by atomic mass is 16.5. The summed E-state index contributed by atoms with van der Waals surface area (Å²) in [7, 11) is 2.02. The highest BCUT2D eigenvalue weighted by molar-refractivity contribution is 4.76. The lowest BCUT2D eigenvalue weighted by Gasteiger charge is -2.16. The van der Waals surface area contributed by atoms with Crippen LogP contribution in [0.1, 0.15) is 26.2 Å². The fourth-order valence-electron chi connectivity index (χ4n) is 1.79. The molecule has 0 aromatic rings. The Hall–Kier alpha value is -0.0800. The summed E-state index contributed by atoms with van der Waals surface area (Å²) in [6.45, 7) is 4.31. The Kier molecular flexibility index (Phi) is 3.87. The molecule has 0 aliphatic carbocycles. The Morgan fingerprint density at radius 3 is 3.00 bits per heavy atom. The van der Waals surface area contributed by atoms with Crippen molar-refractivity contribution in [3.8, 4) is 0 Å². The van der Waals surface area contributed by atoms with Crippen molar-refractivity contribution in [2.24, 2.45) is 5.92 Å². The summed E-state index contributed by atoms with van der Waals surface area (Å²) in [5.74, 6) is 0.764. The van der Waals surface area contributed by atoms with E-state index < -0.39 is 0 Å². The fraction of sp³-hybridized carbons (Fsp3) is 1.00. The predicted octanol–water partition coefficient (Wildman–Crippen LogP) is 1.41. The van der Waals surface area contributed by atoms with Crippen molar-refractivity contribution in [3.05, 3.63) is 0 Å². The predicted molar refractivity (Wildman–Crippen MR) is 46.7 cm³/mol. The van der Waals surface area contributed by atoms with Crippen LogP contribution in [0.25, 0.3) is 0 Å². The van der Waals surface area contributed by atoms with E-state index in [2.05, 4.69) is 12.2 Å². The van der Waals surface area contributed by atoms with Crippen LogP contribution in [-0.2, 0) is 4.74 Å². The molecule has 1 N–H and O–H groups in total. The molecule has 1 fully saturated rings. The summed E-state index contributed by atoms with van der Waals surface area (Å²) in [6.07, 6.45) is 4.25. The van der Waals surface area contributed by atoms with E-state index in [1.807, 2.05) is 7.05 Å². The molecule has 2 unspecified atom stereocenters. The molecular weight excluding hydrogens is 138 g/mol. The maximum Gasteiger partial charge on any atom is 0.0616 e. The molecule has 1 aliphatic rings. The van der Waals surface area contributed by atoms with Crippen LogP contribution in [0.4, 0.5) is 0 Å². The molecule has 2 atom stereocenters. The first-order chi connectivity index (χ1) is 5.38. The van der Waals surface area contributed by atoms with Crippen LogP contribution in [0.3, 0.4) is 0 Å². The van der Waals surface area contributed by atoms with Crippen LogP contribution < -0.4 is 5.32 Å². The van der Waals surface area contributed by atoms with Crippen LogP contribution in [0.5, 0.6) is 0 Å². The largest absolute Gasteiger partial charge is 0.378 e. The summed E-state index contributed by atoms with van der Waals surface area (Å²) in [6, 6.07) is 0. The molecular formula is C9H19NO. The molecule has 0 amide bonds. The summed E-state index contributed by atoms with van der Waals surface area (Å²) in [4.78, 5) is 0. The maximum absolute atomic E-state index is 5.62. The third kappa shape index (κ3) is 2.46. The van der Waals surface area contributed by atoms with Gasteiger partial charge in [0.2, 0.25) is 0 Å². The van der Waals surface area contributed by atoms with Crippen molar-refractivity contribution in [2.45, 2.75) is 32.3 Å². The van der Waals surface area contributed by atoms with Crippen molar-refractivity contribution in [1.29, 1.82) is 0 Å². The zero-order valence-corrected chi connectivity index (χ0v) is 7.60. The van der Waals surface area contributed by atoms with E-state index in [-0.39, 0.29) is 0 Å².